The molecule has 4 heteroatoms. The second-order valence-electron chi connectivity index (χ2n) is 5.85. The highest BCUT2D eigenvalue weighted by atomic mass is 16.5. The SMILES string of the molecule is CC(C#N)Oc1ccc(CNCC2CCCC(O)C2)cc1. The van der Waals surface area contributed by atoms with Crippen LogP contribution in [0.4, 0.5) is 0 Å². The van der Waals surface area contributed by atoms with Gasteiger partial charge in [0.25, 0.3) is 0 Å². The number of hydrogen-bond donors (Lipinski definition) is 2. The number of nitrogens with one attached hydrogen (secondary N) is 1. The van der Waals surface area contributed by atoms with E-state index in [1.807, 2.05) is 30.3 Å². The topological polar surface area (TPSA) is 65.3 Å². The van der Waals surface area contributed by atoms with Gasteiger partial charge in [-0.1, -0.05) is 18.6 Å². The average molecular weight is 288 g/mol. The quantitative estimate of drug-likeness (QED) is 0.844. The lowest BCUT2D eigenvalue weighted by atomic mass is 9.87. The van der Waals surface area contributed by atoms with Crippen LogP contribution in [0.25, 0.3) is 0 Å². The Kier molecular flexibility index (Phi) is 6.04. The van der Waals surface area contributed by atoms with E-state index in [-0.39, 0.29) is 6.10 Å². The Morgan fingerprint density at radius 3 is 2.81 bits per heavy atom. The predicted molar refractivity (Wildman–Crippen MR) is 81.8 cm³/mol. The monoisotopic (exact) mass is 288 g/mol. The van der Waals surface area contributed by atoms with Crippen molar-refractivity contribution in [3.05, 3.63) is 29.8 Å². The van der Waals surface area contributed by atoms with Crippen LogP contribution in [0.3, 0.4) is 0 Å². The first-order valence-electron chi connectivity index (χ1n) is 7.71. The summed E-state index contributed by atoms with van der Waals surface area (Å²) in [6.45, 7) is 3.51. The molecule has 2 N–H and O–H groups in total. The minimum atomic E-state index is -0.424. The van der Waals surface area contributed by atoms with Crippen LogP contribution in [-0.2, 0) is 6.54 Å². The molecule has 3 atom stereocenters. The van der Waals surface area contributed by atoms with Crippen LogP contribution >= 0.6 is 0 Å². The molecule has 1 fully saturated rings. The van der Waals surface area contributed by atoms with Crippen molar-refractivity contribution in [1.82, 2.24) is 5.32 Å². The molecule has 0 heterocycles. The van der Waals surface area contributed by atoms with Gasteiger partial charge < -0.3 is 15.2 Å². The van der Waals surface area contributed by atoms with Gasteiger partial charge in [0.05, 0.1) is 6.10 Å². The minimum absolute atomic E-state index is 0.107. The third-order valence-corrected chi connectivity index (χ3v) is 3.94. The zero-order valence-electron chi connectivity index (χ0n) is 12.6. The van der Waals surface area contributed by atoms with Crippen molar-refractivity contribution in [3.63, 3.8) is 0 Å². The molecular weight excluding hydrogens is 264 g/mol. The van der Waals surface area contributed by atoms with Gasteiger partial charge in [-0.05, 0) is 56.3 Å². The van der Waals surface area contributed by atoms with Crippen molar-refractivity contribution in [2.45, 2.75) is 51.4 Å². The number of aliphatic hydroxyl groups is 1. The summed E-state index contributed by atoms with van der Waals surface area (Å²) in [6, 6.07) is 9.88. The molecule has 1 aromatic carbocycles. The van der Waals surface area contributed by atoms with Gasteiger partial charge in [-0.3, -0.25) is 0 Å². The summed E-state index contributed by atoms with van der Waals surface area (Å²) in [6.07, 6.45) is 3.69. The number of nitriles is 1. The maximum absolute atomic E-state index is 9.65. The molecule has 0 radical (unpaired) electrons. The van der Waals surface area contributed by atoms with E-state index < -0.39 is 6.10 Å². The van der Waals surface area contributed by atoms with Crippen molar-refractivity contribution in [2.24, 2.45) is 5.92 Å². The van der Waals surface area contributed by atoms with Crippen LogP contribution in [-0.4, -0.2) is 23.9 Å². The van der Waals surface area contributed by atoms with Crippen molar-refractivity contribution >= 4 is 0 Å². The number of benzene rings is 1. The summed E-state index contributed by atoms with van der Waals surface area (Å²) in [5, 5.41) is 21.8. The summed E-state index contributed by atoms with van der Waals surface area (Å²) in [5.41, 5.74) is 1.20. The second-order valence-corrected chi connectivity index (χ2v) is 5.85. The number of aliphatic hydroxyl groups excluding tert-OH is 1. The summed E-state index contributed by atoms with van der Waals surface area (Å²) in [4.78, 5) is 0. The Labute approximate surface area is 126 Å². The van der Waals surface area contributed by atoms with Gasteiger partial charge in [0.15, 0.2) is 6.10 Å². The van der Waals surface area contributed by atoms with E-state index in [1.165, 1.54) is 12.0 Å². The summed E-state index contributed by atoms with van der Waals surface area (Å²) in [5.74, 6) is 1.32. The molecule has 4 nitrogen and oxygen atoms in total. The molecule has 1 aromatic rings. The van der Waals surface area contributed by atoms with E-state index in [0.717, 1.165) is 38.1 Å². The molecule has 0 amide bonds. The highest BCUT2D eigenvalue weighted by Gasteiger charge is 2.19. The fourth-order valence-electron chi connectivity index (χ4n) is 2.79. The smallest absolute Gasteiger partial charge is 0.181 e. The van der Waals surface area contributed by atoms with Gasteiger partial charge >= 0.3 is 0 Å². The van der Waals surface area contributed by atoms with E-state index in [4.69, 9.17) is 10.00 Å². The van der Waals surface area contributed by atoms with Gasteiger partial charge in [0.2, 0.25) is 0 Å². The maximum Gasteiger partial charge on any atom is 0.181 e. The van der Waals surface area contributed by atoms with Gasteiger partial charge in [-0.2, -0.15) is 5.26 Å². The molecule has 1 saturated carbocycles. The van der Waals surface area contributed by atoms with Crippen molar-refractivity contribution in [3.8, 4) is 11.8 Å². The van der Waals surface area contributed by atoms with E-state index in [0.29, 0.717) is 5.92 Å². The third kappa shape index (κ3) is 5.37. The molecule has 0 saturated heterocycles. The highest BCUT2D eigenvalue weighted by Crippen LogP contribution is 2.23. The molecule has 21 heavy (non-hydrogen) atoms. The second kappa shape index (κ2) is 8.02. The molecular formula is C17H24N2O2. The standard InChI is InChI=1S/C17H24N2O2/c1-13(10-18)21-17-7-5-14(6-8-17)11-19-12-15-3-2-4-16(20)9-15/h5-8,13,15-16,19-20H,2-4,9,11-12H2,1H3. The fourth-order valence-corrected chi connectivity index (χ4v) is 2.79. The van der Waals surface area contributed by atoms with Gasteiger partial charge in [-0.25, -0.2) is 0 Å². The molecule has 1 aliphatic rings. The average Bonchev–Trinajstić information content (AvgIpc) is 2.49. The van der Waals surface area contributed by atoms with E-state index in [1.54, 1.807) is 6.92 Å². The van der Waals surface area contributed by atoms with Crippen LogP contribution in [0.1, 0.15) is 38.2 Å². The highest BCUT2D eigenvalue weighted by molar-refractivity contribution is 5.27. The molecule has 0 aromatic heterocycles. The van der Waals surface area contributed by atoms with Crippen molar-refractivity contribution in [1.29, 1.82) is 5.26 Å². The van der Waals surface area contributed by atoms with Crippen LogP contribution in [0.2, 0.25) is 0 Å². The van der Waals surface area contributed by atoms with E-state index in [9.17, 15) is 5.11 Å². The molecule has 0 spiro atoms. The maximum atomic E-state index is 9.65. The van der Waals surface area contributed by atoms with E-state index >= 15 is 0 Å². The Bertz CT molecular complexity index is 467. The fraction of sp³-hybridized carbons (Fsp3) is 0.588. The number of nitrogens with zero attached hydrogens (tertiary/aromatic N) is 1. The lowest BCUT2D eigenvalue weighted by Crippen LogP contribution is -2.28. The van der Waals surface area contributed by atoms with Gasteiger partial charge in [0, 0.05) is 6.54 Å². The number of ether oxygens (including phenoxy) is 1. The predicted octanol–water partition coefficient (Wildman–Crippen LogP) is 2.62. The van der Waals surface area contributed by atoms with Crippen LogP contribution in [0, 0.1) is 17.2 Å². The van der Waals surface area contributed by atoms with Crippen molar-refractivity contribution in [2.75, 3.05) is 6.54 Å². The third-order valence-electron chi connectivity index (χ3n) is 3.94. The Hall–Kier alpha value is -1.57. The normalized spacial score (nSPS) is 23.3. The summed E-state index contributed by atoms with van der Waals surface area (Å²) in [7, 11) is 0. The van der Waals surface area contributed by atoms with Crippen molar-refractivity contribution < 1.29 is 9.84 Å². The molecule has 3 unspecified atom stereocenters. The lowest BCUT2D eigenvalue weighted by Gasteiger charge is -2.26. The largest absolute Gasteiger partial charge is 0.476 e. The summed E-state index contributed by atoms with van der Waals surface area (Å²) >= 11 is 0. The Morgan fingerprint density at radius 1 is 1.38 bits per heavy atom. The molecule has 1 aliphatic carbocycles. The number of hydrogen-bond acceptors (Lipinski definition) is 4. The first-order chi connectivity index (χ1) is 10.2. The van der Waals surface area contributed by atoms with Crippen LogP contribution < -0.4 is 10.1 Å². The van der Waals surface area contributed by atoms with Crippen LogP contribution in [0.5, 0.6) is 5.75 Å². The molecule has 0 bridgehead atoms. The zero-order chi connectivity index (χ0) is 15.1. The zero-order valence-corrected chi connectivity index (χ0v) is 12.6. The Morgan fingerprint density at radius 2 is 2.14 bits per heavy atom. The first-order valence-corrected chi connectivity index (χ1v) is 7.71. The summed E-state index contributed by atoms with van der Waals surface area (Å²) < 4.78 is 5.42. The van der Waals surface area contributed by atoms with Gasteiger partial charge in [0.1, 0.15) is 11.8 Å². The Balaban J connectivity index is 1.72. The van der Waals surface area contributed by atoms with Gasteiger partial charge in [-0.15, -0.1) is 0 Å². The minimum Gasteiger partial charge on any atom is -0.476 e. The van der Waals surface area contributed by atoms with E-state index in [2.05, 4.69) is 5.32 Å². The molecule has 114 valence electrons. The van der Waals surface area contributed by atoms with Crippen LogP contribution in [0.15, 0.2) is 24.3 Å². The lowest BCUT2D eigenvalue weighted by molar-refractivity contribution is 0.101. The molecule has 2 rings (SSSR count). The number of rotatable bonds is 6. The first kappa shape index (κ1) is 15.8. The molecule has 0 aliphatic heterocycles.